The number of nitrogens with zero attached hydrogens (tertiary/aromatic N) is 1. The topological polar surface area (TPSA) is 62.6 Å². The van der Waals surface area contributed by atoms with Gasteiger partial charge in [-0.25, -0.2) is 0 Å². The van der Waals surface area contributed by atoms with Gasteiger partial charge in [-0.1, -0.05) is 43.2 Å². The van der Waals surface area contributed by atoms with Crippen LogP contribution in [-0.2, 0) is 29.0 Å². The zero-order chi connectivity index (χ0) is 22.6. The summed E-state index contributed by atoms with van der Waals surface area (Å²) in [6, 6.07) is 20.0. The molecule has 0 unspecified atom stereocenters. The molecule has 5 heteroatoms. The zero-order valence-electron chi connectivity index (χ0n) is 18.9. The third-order valence-corrected chi connectivity index (χ3v) is 6.85. The van der Waals surface area contributed by atoms with Crippen LogP contribution in [0, 0.1) is 5.92 Å². The van der Waals surface area contributed by atoms with E-state index in [1.54, 1.807) is 0 Å². The van der Waals surface area contributed by atoms with E-state index in [-0.39, 0.29) is 17.7 Å². The van der Waals surface area contributed by atoms with E-state index in [2.05, 4.69) is 23.5 Å². The first-order chi connectivity index (χ1) is 16.2. The summed E-state index contributed by atoms with van der Waals surface area (Å²) in [6.07, 6.45) is 6.32. The number of benzene rings is 2. The van der Waals surface area contributed by atoms with Gasteiger partial charge >= 0.3 is 0 Å². The van der Waals surface area contributed by atoms with E-state index in [1.165, 1.54) is 5.56 Å². The van der Waals surface area contributed by atoms with E-state index < -0.39 is 0 Å². The van der Waals surface area contributed by atoms with Crippen LogP contribution in [0.15, 0.2) is 65.1 Å². The smallest absolute Gasteiger partial charge is 0.227 e. The molecule has 2 amide bonds. The summed E-state index contributed by atoms with van der Waals surface area (Å²) in [5.41, 5.74) is 4.08. The van der Waals surface area contributed by atoms with Crippen LogP contribution >= 0.6 is 0 Å². The van der Waals surface area contributed by atoms with E-state index in [9.17, 15) is 9.59 Å². The van der Waals surface area contributed by atoms with Crippen molar-refractivity contribution in [1.29, 1.82) is 0 Å². The highest BCUT2D eigenvalue weighted by Crippen LogP contribution is 2.31. The van der Waals surface area contributed by atoms with Gasteiger partial charge in [0.2, 0.25) is 11.8 Å². The van der Waals surface area contributed by atoms with Gasteiger partial charge in [0.1, 0.15) is 11.5 Å². The SMILES string of the molecule is O=C(Nc1ccc(-c2cc3c(o2)CCN(C(=O)CCc2ccccc2)C3)cc1)C1CCCC1. The molecule has 0 saturated heterocycles. The second-order valence-corrected chi connectivity index (χ2v) is 9.16. The molecule has 1 fully saturated rings. The number of anilines is 1. The Morgan fingerprint density at radius 1 is 1.00 bits per heavy atom. The standard InChI is InChI=1S/C28H30N2O3/c31-27(15-10-20-6-2-1-3-7-20)30-17-16-25-23(19-30)18-26(33-25)21-11-13-24(14-12-21)29-28(32)22-8-4-5-9-22/h1-3,6-7,11-14,18,22H,4-5,8-10,15-17,19H2,(H,29,32). The van der Waals surface area contributed by atoms with Crippen LogP contribution in [0.2, 0.25) is 0 Å². The van der Waals surface area contributed by atoms with E-state index in [4.69, 9.17) is 4.42 Å². The van der Waals surface area contributed by atoms with Gasteiger partial charge in [0.05, 0.1) is 0 Å². The van der Waals surface area contributed by atoms with Crippen LogP contribution in [0.3, 0.4) is 0 Å². The molecule has 5 nitrogen and oxygen atoms in total. The molecular formula is C28H30N2O3. The molecule has 170 valence electrons. The average molecular weight is 443 g/mol. The van der Waals surface area contributed by atoms with Crippen molar-refractivity contribution >= 4 is 17.5 Å². The van der Waals surface area contributed by atoms with Crippen LogP contribution in [0.5, 0.6) is 0 Å². The lowest BCUT2D eigenvalue weighted by atomic mass is 10.1. The molecule has 0 spiro atoms. The maximum absolute atomic E-state index is 12.7. The molecule has 2 aromatic carbocycles. The second-order valence-electron chi connectivity index (χ2n) is 9.16. The number of hydrogen-bond acceptors (Lipinski definition) is 3. The Kier molecular flexibility index (Phi) is 6.29. The first kappa shape index (κ1) is 21.5. The van der Waals surface area contributed by atoms with Crippen LogP contribution in [0.1, 0.15) is 49.0 Å². The summed E-state index contributed by atoms with van der Waals surface area (Å²) < 4.78 is 6.13. The number of hydrogen-bond donors (Lipinski definition) is 1. The summed E-state index contributed by atoms with van der Waals surface area (Å²) in [7, 11) is 0. The normalized spacial score (nSPS) is 15.9. The third-order valence-electron chi connectivity index (χ3n) is 6.85. The van der Waals surface area contributed by atoms with Gasteiger partial charge in [0, 0.05) is 48.7 Å². The van der Waals surface area contributed by atoms with E-state index in [0.717, 1.165) is 66.9 Å². The molecule has 0 radical (unpaired) electrons. The number of furan rings is 1. The van der Waals surface area contributed by atoms with Crippen molar-refractivity contribution in [2.24, 2.45) is 5.92 Å². The lowest BCUT2D eigenvalue weighted by molar-refractivity contribution is -0.132. The molecule has 1 saturated carbocycles. The van der Waals surface area contributed by atoms with Crippen molar-refractivity contribution in [1.82, 2.24) is 4.90 Å². The lowest BCUT2D eigenvalue weighted by Gasteiger charge is -2.26. The first-order valence-electron chi connectivity index (χ1n) is 12.0. The van der Waals surface area contributed by atoms with Crippen LogP contribution < -0.4 is 5.32 Å². The van der Waals surface area contributed by atoms with Gasteiger partial charge in [-0.2, -0.15) is 0 Å². The number of aryl methyl sites for hydroxylation is 1. The largest absolute Gasteiger partial charge is 0.461 e. The summed E-state index contributed by atoms with van der Waals surface area (Å²) in [6.45, 7) is 1.29. The predicted octanol–water partition coefficient (Wildman–Crippen LogP) is 5.59. The van der Waals surface area contributed by atoms with Crippen molar-refractivity contribution < 1.29 is 14.0 Å². The van der Waals surface area contributed by atoms with Crippen molar-refractivity contribution in [3.05, 3.63) is 77.6 Å². The molecule has 5 rings (SSSR count). The first-order valence-corrected chi connectivity index (χ1v) is 12.0. The molecule has 2 aliphatic rings. The minimum atomic E-state index is 0.130. The predicted molar refractivity (Wildman–Crippen MR) is 129 cm³/mol. The monoisotopic (exact) mass is 442 g/mol. The quantitative estimate of drug-likeness (QED) is 0.541. The highest BCUT2D eigenvalue weighted by molar-refractivity contribution is 5.92. The van der Waals surface area contributed by atoms with Gasteiger partial charge in [0.15, 0.2) is 0 Å². The molecule has 1 aromatic heterocycles. The molecular weight excluding hydrogens is 412 g/mol. The minimum absolute atomic E-state index is 0.130. The van der Waals surface area contributed by atoms with Gasteiger partial charge in [0.25, 0.3) is 0 Å². The maximum atomic E-state index is 12.7. The molecule has 0 atom stereocenters. The van der Waals surface area contributed by atoms with E-state index in [1.807, 2.05) is 47.4 Å². The number of nitrogens with one attached hydrogen (secondary N) is 1. The number of fused-ring (bicyclic) bond motifs is 1. The summed E-state index contributed by atoms with van der Waals surface area (Å²) in [5.74, 6) is 2.25. The fourth-order valence-electron chi connectivity index (χ4n) is 4.89. The maximum Gasteiger partial charge on any atom is 0.227 e. The van der Waals surface area contributed by atoms with E-state index >= 15 is 0 Å². The zero-order valence-corrected chi connectivity index (χ0v) is 18.9. The number of amides is 2. The highest BCUT2D eigenvalue weighted by atomic mass is 16.3. The Morgan fingerprint density at radius 3 is 2.52 bits per heavy atom. The molecule has 33 heavy (non-hydrogen) atoms. The molecule has 0 bridgehead atoms. The second kappa shape index (κ2) is 9.65. The summed E-state index contributed by atoms with van der Waals surface area (Å²) in [5, 5.41) is 3.04. The van der Waals surface area contributed by atoms with Crippen molar-refractivity contribution in [2.45, 2.75) is 51.5 Å². The Balaban J connectivity index is 1.19. The van der Waals surface area contributed by atoms with Crippen LogP contribution in [0.4, 0.5) is 5.69 Å². The van der Waals surface area contributed by atoms with Gasteiger partial charge in [-0.3, -0.25) is 9.59 Å². The van der Waals surface area contributed by atoms with Gasteiger partial charge < -0.3 is 14.6 Å². The number of carbonyl (C=O) groups excluding carboxylic acids is 2. The number of carbonyl (C=O) groups is 2. The summed E-state index contributed by atoms with van der Waals surface area (Å²) in [4.78, 5) is 27.0. The minimum Gasteiger partial charge on any atom is -0.461 e. The Bertz CT molecular complexity index is 1110. The van der Waals surface area contributed by atoms with Gasteiger partial charge in [-0.15, -0.1) is 0 Å². The highest BCUT2D eigenvalue weighted by Gasteiger charge is 2.25. The molecule has 3 aromatic rings. The van der Waals surface area contributed by atoms with Crippen molar-refractivity contribution in [3.63, 3.8) is 0 Å². The van der Waals surface area contributed by atoms with Crippen molar-refractivity contribution in [3.8, 4) is 11.3 Å². The average Bonchev–Trinajstić information content (AvgIpc) is 3.53. The van der Waals surface area contributed by atoms with Crippen LogP contribution in [-0.4, -0.2) is 23.3 Å². The Labute approximate surface area is 194 Å². The fraction of sp³-hybridized carbons (Fsp3) is 0.357. The molecule has 1 aliphatic carbocycles. The Morgan fingerprint density at radius 2 is 1.76 bits per heavy atom. The van der Waals surface area contributed by atoms with Crippen LogP contribution in [0.25, 0.3) is 11.3 Å². The Hall–Kier alpha value is -3.34. The fourth-order valence-corrected chi connectivity index (χ4v) is 4.89. The summed E-state index contributed by atoms with van der Waals surface area (Å²) >= 11 is 0. The molecule has 2 heterocycles. The molecule has 1 N–H and O–H groups in total. The van der Waals surface area contributed by atoms with Crippen molar-refractivity contribution in [2.75, 3.05) is 11.9 Å². The molecule has 1 aliphatic heterocycles. The lowest BCUT2D eigenvalue weighted by Crippen LogP contribution is -2.35. The van der Waals surface area contributed by atoms with Gasteiger partial charge in [-0.05, 0) is 55.2 Å². The van der Waals surface area contributed by atoms with E-state index in [0.29, 0.717) is 19.5 Å². The number of rotatable bonds is 6. The third kappa shape index (κ3) is 5.03.